The molecule has 0 bridgehead atoms. The van der Waals surface area contributed by atoms with E-state index >= 15 is 0 Å². The van der Waals surface area contributed by atoms with Crippen LogP contribution in [0, 0.1) is 0 Å². The van der Waals surface area contributed by atoms with E-state index in [-0.39, 0.29) is 0 Å². The van der Waals surface area contributed by atoms with Crippen molar-refractivity contribution in [3.05, 3.63) is 0 Å². The molecule has 0 radical (unpaired) electrons. The van der Waals surface area contributed by atoms with Crippen LogP contribution in [0.2, 0.25) is 0 Å². The van der Waals surface area contributed by atoms with Crippen LogP contribution < -0.4 is 5.32 Å². The molecule has 1 N–H and O–H groups in total. The molecule has 0 amide bonds. The van der Waals surface area contributed by atoms with Gasteiger partial charge in [0.25, 0.3) is 0 Å². The standard InChI is InChI=1S/C12H24N2S/c1-11(9-14-6-2-3-7-14)13-12-5-4-8-15-10-12/h11-13H,2-10H2,1H3. The maximum Gasteiger partial charge on any atom is 0.0169 e. The van der Waals surface area contributed by atoms with E-state index in [4.69, 9.17) is 0 Å². The topological polar surface area (TPSA) is 15.3 Å². The van der Waals surface area contributed by atoms with E-state index < -0.39 is 0 Å². The molecule has 15 heavy (non-hydrogen) atoms. The minimum absolute atomic E-state index is 0.673. The average Bonchev–Trinajstić information content (AvgIpc) is 2.71. The van der Waals surface area contributed by atoms with E-state index in [0.29, 0.717) is 6.04 Å². The lowest BCUT2D eigenvalue weighted by Gasteiger charge is -2.28. The van der Waals surface area contributed by atoms with Gasteiger partial charge in [-0.3, -0.25) is 0 Å². The molecule has 2 saturated heterocycles. The van der Waals surface area contributed by atoms with Gasteiger partial charge in [-0.1, -0.05) is 0 Å². The van der Waals surface area contributed by atoms with Crippen molar-refractivity contribution in [2.75, 3.05) is 31.1 Å². The monoisotopic (exact) mass is 228 g/mol. The molecule has 0 saturated carbocycles. The number of hydrogen-bond acceptors (Lipinski definition) is 3. The largest absolute Gasteiger partial charge is 0.309 e. The molecule has 2 atom stereocenters. The van der Waals surface area contributed by atoms with E-state index in [1.165, 1.54) is 56.8 Å². The Morgan fingerprint density at radius 2 is 2.13 bits per heavy atom. The predicted molar refractivity (Wildman–Crippen MR) is 68.6 cm³/mol. The van der Waals surface area contributed by atoms with Crippen LogP contribution in [-0.4, -0.2) is 48.1 Å². The normalized spacial score (nSPS) is 30.6. The third kappa shape index (κ3) is 3.97. The first kappa shape index (κ1) is 11.7. The van der Waals surface area contributed by atoms with Gasteiger partial charge in [0, 0.05) is 24.4 Å². The van der Waals surface area contributed by atoms with Crippen LogP contribution in [0.4, 0.5) is 0 Å². The van der Waals surface area contributed by atoms with Crippen molar-refractivity contribution in [3.63, 3.8) is 0 Å². The second-order valence-electron chi connectivity index (χ2n) is 4.99. The molecular formula is C12H24N2S. The highest BCUT2D eigenvalue weighted by Crippen LogP contribution is 2.17. The van der Waals surface area contributed by atoms with Gasteiger partial charge in [-0.25, -0.2) is 0 Å². The number of rotatable bonds is 4. The quantitative estimate of drug-likeness (QED) is 0.792. The Morgan fingerprint density at radius 3 is 2.80 bits per heavy atom. The van der Waals surface area contributed by atoms with Gasteiger partial charge in [-0.15, -0.1) is 0 Å². The first-order valence-corrected chi connectivity index (χ1v) is 7.56. The van der Waals surface area contributed by atoms with Crippen molar-refractivity contribution < 1.29 is 0 Å². The van der Waals surface area contributed by atoms with E-state index in [1.807, 2.05) is 0 Å². The van der Waals surface area contributed by atoms with Crippen molar-refractivity contribution in [2.24, 2.45) is 0 Å². The fourth-order valence-electron chi connectivity index (χ4n) is 2.68. The SMILES string of the molecule is CC(CN1CCCC1)NC1CCCSC1. The maximum atomic E-state index is 3.78. The Hall–Kier alpha value is 0.270. The number of likely N-dealkylation sites (tertiary alicyclic amines) is 1. The van der Waals surface area contributed by atoms with Crippen LogP contribution in [0.15, 0.2) is 0 Å². The highest BCUT2D eigenvalue weighted by molar-refractivity contribution is 7.99. The molecule has 2 aliphatic heterocycles. The van der Waals surface area contributed by atoms with Crippen LogP contribution in [-0.2, 0) is 0 Å². The van der Waals surface area contributed by atoms with Crippen molar-refractivity contribution in [1.29, 1.82) is 0 Å². The second-order valence-corrected chi connectivity index (χ2v) is 6.14. The lowest BCUT2D eigenvalue weighted by Crippen LogP contribution is -2.45. The molecular weight excluding hydrogens is 204 g/mol. The predicted octanol–water partition coefficient (Wildman–Crippen LogP) is 1.96. The van der Waals surface area contributed by atoms with Crippen LogP contribution in [0.5, 0.6) is 0 Å². The highest BCUT2D eigenvalue weighted by atomic mass is 32.2. The molecule has 0 spiro atoms. The van der Waals surface area contributed by atoms with Gasteiger partial charge in [0.1, 0.15) is 0 Å². The van der Waals surface area contributed by atoms with Crippen molar-refractivity contribution in [1.82, 2.24) is 10.2 Å². The first-order chi connectivity index (χ1) is 7.34. The molecule has 0 aromatic rings. The van der Waals surface area contributed by atoms with Gasteiger partial charge in [-0.05, 0) is 51.4 Å². The summed E-state index contributed by atoms with van der Waals surface area (Å²) in [5.74, 6) is 2.70. The highest BCUT2D eigenvalue weighted by Gasteiger charge is 2.18. The molecule has 2 unspecified atom stereocenters. The lowest BCUT2D eigenvalue weighted by atomic mass is 10.1. The fourth-order valence-corrected chi connectivity index (χ4v) is 3.76. The van der Waals surface area contributed by atoms with Crippen LogP contribution in [0.1, 0.15) is 32.6 Å². The summed E-state index contributed by atoms with van der Waals surface area (Å²) >= 11 is 2.11. The van der Waals surface area contributed by atoms with Gasteiger partial charge >= 0.3 is 0 Å². The molecule has 2 aliphatic rings. The van der Waals surface area contributed by atoms with Crippen molar-refractivity contribution in [3.8, 4) is 0 Å². The molecule has 2 nitrogen and oxygen atoms in total. The van der Waals surface area contributed by atoms with Crippen molar-refractivity contribution >= 4 is 11.8 Å². The molecule has 0 aromatic carbocycles. The Kier molecular flexibility index (Phi) is 4.79. The van der Waals surface area contributed by atoms with E-state index in [0.717, 1.165) is 6.04 Å². The Labute approximate surface area is 98.2 Å². The van der Waals surface area contributed by atoms with Crippen LogP contribution in [0.3, 0.4) is 0 Å². The lowest BCUT2D eigenvalue weighted by molar-refractivity contribution is 0.286. The molecule has 2 rings (SSSR count). The molecule has 88 valence electrons. The smallest absolute Gasteiger partial charge is 0.0169 e. The van der Waals surface area contributed by atoms with E-state index in [9.17, 15) is 0 Å². The van der Waals surface area contributed by atoms with Gasteiger partial charge in [0.05, 0.1) is 0 Å². The minimum Gasteiger partial charge on any atom is -0.309 e. The summed E-state index contributed by atoms with van der Waals surface area (Å²) in [4.78, 5) is 2.60. The van der Waals surface area contributed by atoms with E-state index in [1.54, 1.807) is 0 Å². The molecule has 2 fully saturated rings. The Balaban J connectivity index is 1.64. The maximum absolute atomic E-state index is 3.78. The minimum atomic E-state index is 0.673. The zero-order valence-corrected chi connectivity index (χ0v) is 10.7. The zero-order chi connectivity index (χ0) is 10.5. The summed E-state index contributed by atoms with van der Waals surface area (Å²) in [6.45, 7) is 6.25. The number of hydrogen-bond donors (Lipinski definition) is 1. The molecule has 0 aliphatic carbocycles. The molecule has 3 heteroatoms. The summed E-state index contributed by atoms with van der Waals surface area (Å²) in [5, 5.41) is 3.78. The number of nitrogens with zero attached hydrogens (tertiary/aromatic N) is 1. The third-order valence-corrected chi connectivity index (χ3v) is 4.63. The molecule has 2 heterocycles. The Morgan fingerprint density at radius 1 is 1.33 bits per heavy atom. The van der Waals surface area contributed by atoms with Gasteiger partial charge < -0.3 is 10.2 Å². The van der Waals surface area contributed by atoms with Crippen molar-refractivity contribution in [2.45, 2.75) is 44.7 Å². The van der Waals surface area contributed by atoms with E-state index in [2.05, 4.69) is 28.9 Å². The van der Waals surface area contributed by atoms with Crippen LogP contribution >= 0.6 is 11.8 Å². The summed E-state index contributed by atoms with van der Waals surface area (Å²) in [6.07, 6.45) is 5.61. The Bertz CT molecular complexity index is 174. The van der Waals surface area contributed by atoms with Gasteiger partial charge in [0.15, 0.2) is 0 Å². The molecule has 0 aromatic heterocycles. The summed E-state index contributed by atoms with van der Waals surface area (Å²) in [5.41, 5.74) is 0. The summed E-state index contributed by atoms with van der Waals surface area (Å²) in [7, 11) is 0. The average molecular weight is 228 g/mol. The number of thioether (sulfide) groups is 1. The fraction of sp³-hybridized carbons (Fsp3) is 1.00. The van der Waals surface area contributed by atoms with Gasteiger partial charge in [0.2, 0.25) is 0 Å². The zero-order valence-electron chi connectivity index (χ0n) is 9.87. The van der Waals surface area contributed by atoms with Crippen LogP contribution in [0.25, 0.3) is 0 Å². The third-order valence-electron chi connectivity index (χ3n) is 3.41. The second kappa shape index (κ2) is 6.12. The summed E-state index contributed by atoms with van der Waals surface area (Å²) < 4.78 is 0. The summed E-state index contributed by atoms with van der Waals surface area (Å²) in [6, 6.07) is 1.45. The number of nitrogens with one attached hydrogen (secondary N) is 1. The van der Waals surface area contributed by atoms with Gasteiger partial charge in [-0.2, -0.15) is 11.8 Å². The first-order valence-electron chi connectivity index (χ1n) is 6.41.